The van der Waals surface area contributed by atoms with Crippen molar-refractivity contribution in [1.29, 1.82) is 0 Å². The first-order valence-corrected chi connectivity index (χ1v) is 4.65. The third kappa shape index (κ3) is 1.98. The van der Waals surface area contributed by atoms with Gasteiger partial charge in [0.05, 0.1) is 5.92 Å². The number of rotatable bonds is 3. The van der Waals surface area contributed by atoms with Gasteiger partial charge in [-0.05, 0) is 6.07 Å². The van der Waals surface area contributed by atoms with E-state index in [-0.39, 0.29) is 12.5 Å². The number of carbonyl (C=O) groups is 2. The van der Waals surface area contributed by atoms with E-state index in [1.165, 1.54) is 9.58 Å². The van der Waals surface area contributed by atoms with Crippen molar-refractivity contribution in [2.45, 2.75) is 6.54 Å². The van der Waals surface area contributed by atoms with Gasteiger partial charge in [0, 0.05) is 25.5 Å². The molecule has 0 saturated carbocycles. The van der Waals surface area contributed by atoms with E-state index in [0.29, 0.717) is 13.1 Å². The summed E-state index contributed by atoms with van der Waals surface area (Å²) in [5.41, 5.74) is 0. The highest BCUT2D eigenvalue weighted by Gasteiger charge is 2.35. The molecule has 1 aromatic heterocycles. The molecule has 0 atom stereocenters. The van der Waals surface area contributed by atoms with Crippen LogP contribution in [0.15, 0.2) is 18.5 Å². The van der Waals surface area contributed by atoms with Crippen LogP contribution in [0.5, 0.6) is 0 Å². The number of aliphatic carboxylic acids is 1. The van der Waals surface area contributed by atoms with E-state index < -0.39 is 11.9 Å². The van der Waals surface area contributed by atoms with E-state index in [1.54, 1.807) is 18.5 Å². The second kappa shape index (κ2) is 3.72. The molecule has 6 nitrogen and oxygen atoms in total. The van der Waals surface area contributed by atoms with Crippen molar-refractivity contribution in [3.63, 3.8) is 0 Å². The lowest BCUT2D eigenvalue weighted by Crippen LogP contribution is -2.53. The maximum Gasteiger partial charge on any atom is 0.310 e. The summed E-state index contributed by atoms with van der Waals surface area (Å²) in [6, 6.07) is 1.74. The summed E-state index contributed by atoms with van der Waals surface area (Å²) >= 11 is 0. The summed E-state index contributed by atoms with van der Waals surface area (Å²) in [5.74, 6) is -1.32. The monoisotopic (exact) mass is 209 g/mol. The number of amides is 1. The number of hydrogen-bond donors (Lipinski definition) is 1. The van der Waals surface area contributed by atoms with Gasteiger partial charge >= 0.3 is 5.97 Å². The fraction of sp³-hybridized carbons (Fsp3) is 0.444. The van der Waals surface area contributed by atoms with Crippen LogP contribution in [0.2, 0.25) is 0 Å². The van der Waals surface area contributed by atoms with Gasteiger partial charge in [-0.1, -0.05) is 0 Å². The summed E-state index contributed by atoms with van der Waals surface area (Å²) in [5, 5.41) is 12.5. The maximum atomic E-state index is 11.5. The van der Waals surface area contributed by atoms with Crippen LogP contribution in [0.3, 0.4) is 0 Å². The van der Waals surface area contributed by atoms with Crippen LogP contribution in [0.25, 0.3) is 0 Å². The topological polar surface area (TPSA) is 75.4 Å². The molecule has 0 bridgehead atoms. The predicted octanol–water partition coefficient (Wildman–Crippen LogP) is -0.574. The number of nitrogens with zero attached hydrogens (tertiary/aromatic N) is 3. The molecule has 0 aliphatic carbocycles. The maximum absolute atomic E-state index is 11.5. The molecular weight excluding hydrogens is 198 g/mol. The summed E-state index contributed by atoms with van der Waals surface area (Å²) in [6.45, 7) is 0.810. The van der Waals surface area contributed by atoms with Gasteiger partial charge in [0.1, 0.15) is 6.54 Å². The normalized spacial score (nSPS) is 16.1. The van der Waals surface area contributed by atoms with Crippen molar-refractivity contribution in [2.24, 2.45) is 5.92 Å². The Morgan fingerprint density at radius 2 is 2.20 bits per heavy atom. The van der Waals surface area contributed by atoms with Crippen LogP contribution >= 0.6 is 0 Å². The van der Waals surface area contributed by atoms with Crippen molar-refractivity contribution >= 4 is 11.9 Å². The van der Waals surface area contributed by atoms with Crippen LogP contribution in [0.4, 0.5) is 0 Å². The highest BCUT2D eigenvalue weighted by molar-refractivity contribution is 5.80. The lowest BCUT2D eigenvalue weighted by molar-refractivity contribution is -0.153. The molecule has 1 amide bonds. The van der Waals surface area contributed by atoms with Gasteiger partial charge in [-0.15, -0.1) is 0 Å². The third-order valence-corrected chi connectivity index (χ3v) is 2.44. The number of aromatic nitrogens is 2. The molecule has 2 rings (SSSR count). The van der Waals surface area contributed by atoms with Gasteiger partial charge in [0.25, 0.3) is 0 Å². The van der Waals surface area contributed by atoms with Crippen LogP contribution in [0.1, 0.15) is 0 Å². The van der Waals surface area contributed by atoms with E-state index in [4.69, 9.17) is 5.11 Å². The minimum Gasteiger partial charge on any atom is -0.481 e. The summed E-state index contributed by atoms with van der Waals surface area (Å²) in [7, 11) is 0. The SMILES string of the molecule is O=C(O)C1CN(C(=O)Cn2cccn2)C1. The molecule has 15 heavy (non-hydrogen) atoms. The van der Waals surface area contributed by atoms with E-state index in [0.717, 1.165) is 0 Å². The molecule has 80 valence electrons. The highest BCUT2D eigenvalue weighted by atomic mass is 16.4. The fourth-order valence-electron chi connectivity index (χ4n) is 1.47. The molecule has 1 aliphatic heterocycles. The van der Waals surface area contributed by atoms with Crippen molar-refractivity contribution in [3.05, 3.63) is 18.5 Å². The Labute approximate surface area is 86.1 Å². The zero-order valence-electron chi connectivity index (χ0n) is 8.04. The lowest BCUT2D eigenvalue weighted by atomic mass is 10.0. The minimum atomic E-state index is -0.835. The Kier molecular flexibility index (Phi) is 2.40. The van der Waals surface area contributed by atoms with Gasteiger partial charge in [-0.3, -0.25) is 14.3 Å². The molecule has 0 radical (unpaired) electrons. The minimum absolute atomic E-state index is 0.0869. The quantitative estimate of drug-likeness (QED) is 0.723. The van der Waals surface area contributed by atoms with Crippen LogP contribution in [-0.2, 0) is 16.1 Å². The largest absolute Gasteiger partial charge is 0.481 e. The molecule has 1 aromatic rings. The molecule has 0 aromatic carbocycles. The number of carboxylic acid groups (broad SMARTS) is 1. The van der Waals surface area contributed by atoms with E-state index >= 15 is 0 Å². The third-order valence-electron chi connectivity index (χ3n) is 2.44. The Morgan fingerprint density at radius 1 is 1.47 bits per heavy atom. The summed E-state index contributed by atoms with van der Waals surface area (Å²) in [6.07, 6.45) is 3.30. The van der Waals surface area contributed by atoms with E-state index in [9.17, 15) is 9.59 Å². The Morgan fingerprint density at radius 3 is 2.73 bits per heavy atom. The average molecular weight is 209 g/mol. The van der Waals surface area contributed by atoms with Crippen LogP contribution in [-0.4, -0.2) is 44.8 Å². The van der Waals surface area contributed by atoms with Gasteiger partial charge in [0.2, 0.25) is 5.91 Å². The van der Waals surface area contributed by atoms with Crippen LogP contribution < -0.4 is 0 Å². The number of carboxylic acids is 1. The first-order chi connectivity index (χ1) is 7.16. The van der Waals surface area contributed by atoms with Crippen molar-refractivity contribution in [3.8, 4) is 0 Å². The second-order valence-electron chi connectivity index (χ2n) is 3.54. The Balaban J connectivity index is 1.82. The summed E-state index contributed by atoms with van der Waals surface area (Å²) in [4.78, 5) is 23.6. The molecule has 2 heterocycles. The standard InChI is InChI=1S/C9H11N3O3/c13-8(6-12-3-1-2-10-12)11-4-7(5-11)9(14)15/h1-3,7H,4-6H2,(H,14,15). The summed E-state index contributed by atoms with van der Waals surface area (Å²) < 4.78 is 1.52. The number of hydrogen-bond acceptors (Lipinski definition) is 3. The lowest BCUT2D eigenvalue weighted by Gasteiger charge is -2.36. The smallest absolute Gasteiger partial charge is 0.310 e. The molecule has 0 spiro atoms. The van der Waals surface area contributed by atoms with Crippen molar-refractivity contribution < 1.29 is 14.7 Å². The van der Waals surface area contributed by atoms with Gasteiger partial charge < -0.3 is 10.0 Å². The van der Waals surface area contributed by atoms with Gasteiger partial charge in [0.15, 0.2) is 0 Å². The Hall–Kier alpha value is -1.85. The zero-order valence-corrected chi connectivity index (χ0v) is 8.04. The van der Waals surface area contributed by atoms with Crippen molar-refractivity contribution in [1.82, 2.24) is 14.7 Å². The molecule has 0 unspecified atom stereocenters. The van der Waals surface area contributed by atoms with Gasteiger partial charge in [-0.25, -0.2) is 0 Å². The fourth-order valence-corrected chi connectivity index (χ4v) is 1.47. The number of carbonyl (C=O) groups excluding carboxylic acids is 1. The first-order valence-electron chi connectivity index (χ1n) is 4.65. The van der Waals surface area contributed by atoms with Gasteiger partial charge in [-0.2, -0.15) is 5.10 Å². The number of likely N-dealkylation sites (tertiary alicyclic amines) is 1. The van der Waals surface area contributed by atoms with E-state index in [2.05, 4.69) is 5.10 Å². The first kappa shape index (κ1) is 9.70. The van der Waals surface area contributed by atoms with Crippen molar-refractivity contribution in [2.75, 3.05) is 13.1 Å². The zero-order chi connectivity index (χ0) is 10.8. The molecule has 1 saturated heterocycles. The Bertz CT molecular complexity index is 368. The van der Waals surface area contributed by atoms with Crippen LogP contribution in [0, 0.1) is 5.92 Å². The molecular formula is C9H11N3O3. The molecule has 1 N–H and O–H groups in total. The molecule has 1 fully saturated rings. The average Bonchev–Trinajstić information content (AvgIpc) is 2.52. The van der Waals surface area contributed by atoms with E-state index in [1.807, 2.05) is 0 Å². The molecule has 6 heteroatoms. The second-order valence-corrected chi connectivity index (χ2v) is 3.54. The predicted molar refractivity (Wildman–Crippen MR) is 49.9 cm³/mol. The molecule has 1 aliphatic rings. The highest BCUT2D eigenvalue weighted by Crippen LogP contribution is 2.15.